The van der Waals surface area contributed by atoms with E-state index >= 15 is 0 Å². The number of nitrogens with one attached hydrogen (secondary N) is 1. The lowest BCUT2D eigenvalue weighted by Gasteiger charge is -2.18. The van der Waals surface area contributed by atoms with Crippen molar-refractivity contribution >= 4 is 43.5 Å². The van der Waals surface area contributed by atoms with Gasteiger partial charge in [-0.05, 0) is 48.2 Å². The van der Waals surface area contributed by atoms with Crippen molar-refractivity contribution in [3.8, 4) is 0 Å². The number of nitrogens with zero attached hydrogens (tertiary/aromatic N) is 2. The first kappa shape index (κ1) is 25.7. The van der Waals surface area contributed by atoms with E-state index in [9.17, 15) is 21.6 Å². The molecular weight excluding hydrogens is 498 g/mol. The van der Waals surface area contributed by atoms with Crippen LogP contribution in [0.4, 0.5) is 5.69 Å². The van der Waals surface area contributed by atoms with Gasteiger partial charge in [-0.25, -0.2) is 22.9 Å². The lowest BCUT2D eigenvalue weighted by molar-refractivity contribution is 0.0600. The number of aromatic nitrogens is 1. The maximum Gasteiger partial charge on any atom is 0.337 e. The zero-order chi connectivity index (χ0) is 24.7. The molecule has 0 radical (unpaired) electrons. The number of carbonyl (C=O) groups is 1. The standard InChI is InChI=1S/C22H23N3O6S3/c1-3-21-23-20(13-32-21)19(12-15-6-10-18(11-7-15)24-33(27)28)25-34(29,30)14-16-4-8-17(9-5-16)22(26)31-2/h4-11,13,19,25H,3,12,14H2,1-2H3/t19-/m0/s1. The average molecular weight is 522 g/mol. The Bertz CT molecular complexity index is 1370. The van der Waals surface area contributed by atoms with Gasteiger partial charge < -0.3 is 4.74 Å². The monoisotopic (exact) mass is 521 g/mol. The van der Waals surface area contributed by atoms with Crippen molar-refractivity contribution in [3.63, 3.8) is 0 Å². The van der Waals surface area contributed by atoms with Gasteiger partial charge in [-0.2, -0.15) is 8.42 Å². The Labute approximate surface area is 203 Å². The van der Waals surface area contributed by atoms with Gasteiger partial charge in [0.25, 0.3) is 0 Å². The second-order valence-corrected chi connectivity index (χ2v) is 10.6. The van der Waals surface area contributed by atoms with Gasteiger partial charge in [-0.15, -0.1) is 15.7 Å². The van der Waals surface area contributed by atoms with Gasteiger partial charge in [-0.1, -0.05) is 31.2 Å². The molecule has 0 spiro atoms. The quantitative estimate of drug-likeness (QED) is 0.403. The van der Waals surface area contributed by atoms with E-state index in [1.807, 2.05) is 12.3 Å². The highest BCUT2D eigenvalue weighted by atomic mass is 32.2. The molecule has 0 aliphatic carbocycles. The maximum atomic E-state index is 13.0. The molecule has 9 nitrogen and oxygen atoms in total. The fraction of sp³-hybridized carbons (Fsp3) is 0.273. The van der Waals surface area contributed by atoms with Gasteiger partial charge >= 0.3 is 16.5 Å². The molecule has 1 atom stereocenters. The molecular formula is C22H23N3O6S3. The number of carbonyl (C=O) groups excluding carboxylic acids is 1. The molecule has 1 N–H and O–H groups in total. The van der Waals surface area contributed by atoms with Crippen LogP contribution in [0.5, 0.6) is 0 Å². The molecule has 0 saturated carbocycles. The Hall–Kier alpha value is -2.93. The van der Waals surface area contributed by atoms with Gasteiger partial charge in [0, 0.05) is 5.38 Å². The fourth-order valence-electron chi connectivity index (χ4n) is 3.20. The summed E-state index contributed by atoms with van der Waals surface area (Å²) in [7, 11) is -5.04. The molecule has 1 heterocycles. The van der Waals surface area contributed by atoms with E-state index in [1.54, 1.807) is 36.4 Å². The van der Waals surface area contributed by atoms with Crippen LogP contribution in [0.1, 0.15) is 45.2 Å². The van der Waals surface area contributed by atoms with Gasteiger partial charge in [-0.3, -0.25) is 0 Å². The van der Waals surface area contributed by atoms with E-state index in [-0.39, 0.29) is 11.4 Å². The summed E-state index contributed by atoms with van der Waals surface area (Å²) in [6.45, 7) is 1.97. The first-order valence-electron chi connectivity index (χ1n) is 10.2. The number of esters is 1. The molecule has 0 fully saturated rings. The Kier molecular flexibility index (Phi) is 8.67. The van der Waals surface area contributed by atoms with E-state index in [0.29, 0.717) is 23.2 Å². The zero-order valence-corrected chi connectivity index (χ0v) is 20.9. The molecule has 1 aromatic heterocycles. The predicted molar refractivity (Wildman–Crippen MR) is 129 cm³/mol. The molecule has 3 aromatic rings. The van der Waals surface area contributed by atoms with Crippen molar-refractivity contribution in [2.75, 3.05) is 7.11 Å². The second-order valence-electron chi connectivity index (χ2n) is 7.32. The van der Waals surface area contributed by atoms with Crippen molar-refractivity contribution < 1.29 is 26.4 Å². The van der Waals surface area contributed by atoms with Crippen LogP contribution in [-0.2, 0) is 43.9 Å². The van der Waals surface area contributed by atoms with Crippen LogP contribution in [-0.4, -0.2) is 34.9 Å². The van der Waals surface area contributed by atoms with E-state index in [4.69, 9.17) is 0 Å². The third-order valence-electron chi connectivity index (χ3n) is 4.84. The van der Waals surface area contributed by atoms with Crippen LogP contribution in [0, 0.1) is 0 Å². The largest absolute Gasteiger partial charge is 0.465 e. The molecule has 0 saturated heterocycles. The van der Waals surface area contributed by atoms with Gasteiger partial charge in [0.1, 0.15) is 0 Å². The lowest BCUT2D eigenvalue weighted by Crippen LogP contribution is -2.31. The summed E-state index contributed by atoms with van der Waals surface area (Å²) in [5.41, 5.74) is 2.53. The summed E-state index contributed by atoms with van der Waals surface area (Å²) in [5, 5.41) is 2.73. The first-order chi connectivity index (χ1) is 16.2. The number of sulfonamides is 1. The van der Waals surface area contributed by atoms with Crippen LogP contribution in [0.2, 0.25) is 0 Å². The van der Waals surface area contributed by atoms with Crippen molar-refractivity contribution in [1.82, 2.24) is 9.71 Å². The van der Waals surface area contributed by atoms with Crippen molar-refractivity contribution in [3.05, 3.63) is 81.3 Å². The Morgan fingerprint density at radius 1 is 1.12 bits per heavy atom. The van der Waals surface area contributed by atoms with Crippen LogP contribution in [0.15, 0.2) is 58.3 Å². The van der Waals surface area contributed by atoms with E-state index in [2.05, 4.69) is 18.8 Å². The van der Waals surface area contributed by atoms with Gasteiger partial charge in [0.05, 0.1) is 40.9 Å². The molecule has 3 rings (SSSR count). The third-order valence-corrected chi connectivity index (χ3v) is 7.57. The minimum absolute atomic E-state index is 0.275. The number of hydrogen-bond donors (Lipinski definition) is 1. The van der Waals surface area contributed by atoms with Gasteiger partial charge in [0.2, 0.25) is 10.0 Å². The summed E-state index contributed by atoms with van der Waals surface area (Å²) < 4.78 is 58.3. The number of methoxy groups -OCH3 is 1. The summed E-state index contributed by atoms with van der Waals surface area (Å²) in [4.78, 5) is 16.1. The SMILES string of the molecule is CCc1nc([C@H](Cc2ccc(N=S(=O)=O)cc2)NS(=O)(=O)Cc2ccc(C(=O)OC)cc2)cs1. The minimum atomic E-state index is -3.76. The van der Waals surface area contributed by atoms with Gasteiger partial charge in [0.15, 0.2) is 0 Å². The molecule has 0 unspecified atom stereocenters. The normalized spacial score (nSPS) is 12.2. The third kappa shape index (κ3) is 7.29. The van der Waals surface area contributed by atoms with Crippen molar-refractivity contribution in [1.29, 1.82) is 0 Å². The Morgan fingerprint density at radius 3 is 2.32 bits per heavy atom. The molecule has 0 amide bonds. The summed E-state index contributed by atoms with van der Waals surface area (Å²) >= 11 is 1.46. The summed E-state index contributed by atoms with van der Waals surface area (Å²) in [6, 6.07) is 12.1. The number of hydrogen-bond acceptors (Lipinski definition) is 9. The fourth-order valence-corrected chi connectivity index (χ4v) is 5.65. The zero-order valence-electron chi connectivity index (χ0n) is 18.5. The average Bonchev–Trinajstić information content (AvgIpc) is 3.28. The molecule has 12 heteroatoms. The topological polar surface area (TPSA) is 132 Å². The van der Waals surface area contributed by atoms with E-state index in [1.165, 1.54) is 30.6 Å². The van der Waals surface area contributed by atoms with Crippen LogP contribution in [0.3, 0.4) is 0 Å². The second kappa shape index (κ2) is 11.5. The Morgan fingerprint density at radius 2 is 1.76 bits per heavy atom. The molecule has 0 aliphatic rings. The highest BCUT2D eigenvalue weighted by molar-refractivity contribution is 7.88. The van der Waals surface area contributed by atoms with Crippen molar-refractivity contribution in [2.45, 2.75) is 31.6 Å². The van der Waals surface area contributed by atoms with E-state index < -0.39 is 32.5 Å². The number of rotatable bonds is 10. The molecule has 34 heavy (non-hydrogen) atoms. The maximum absolute atomic E-state index is 13.0. The lowest BCUT2D eigenvalue weighted by atomic mass is 10.0. The minimum Gasteiger partial charge on any atom is -0.465 e. The van der Waals surface area contributed by atoms with E-state index in [0.717, 1.165) is 17.0 Å². The summed E-state index contributed by atoms with van der Waals surface area (Å²) in [5.74, 6) is -0.772. The van der Waals surface area contributed by atoms with Crippen molar-refractivity contribution in [2.24, 2.45) is 4.36 Å². The number of ether oxygens (including phenoxy) is 1. The molecule has 0 bridgehead atoms. The number of aryl methyl sites for hydroxylation is 1. The number of benzene rings is 2. The van der Waals surface area contributed by atoms with Crippen LogP contribution in [0.25, 0.3) is 0 Å². The van der Waals surface area contributed by atoms with Crippen LogP contribution >= 0.6 is 11.3 Å². The smallest absolute Gasteiger partial charge is 0.337 e. The highest BCUT2D eigenvalue weighted by Crippen LogP contribution is 2.24. The molecule has 180 valence electrons. The first-order valence-corrected chi connectivity index (χ1v) is 13.8. The predicted octanol–water partition coefficient (Wildman–Crippen LogP) is 3.59. The molecule has 2 aromatic carbocycles. The van der Waals surface area contributed by atoms with Crippen LogP contribution < -0.4 is 4.72 Å². The number of thiazole rings is 1. The molecule has 0 aliphatic heterocycles. The summed E-state index contributed by atoms with van der Waals surface area (Å²) in [6.07, 6.45) is 1.05. The highest BCUT2D eigenvalue weighted by Gasteiger charge is 2.23. The Balaban J connectivity index is 1.81.